The third-order valence-electron chi connectivity index (χ3n) is 3.66. The Hall–Kier alpha value is -1.18. The van der Waals surface area contributed by atoms with Gasteiger partial charge in [0.2, 0.25) is 5.75 Å². The van der Waals surface area contributed by atoms with Crippen LogP contribution in [0.4, 0.5) is 0 Å². The van der Waals surface area contributed by atoms with Crippen molar-refractivity contribution in [1.82, 2.24) is 9.80 Å². The Kier molecular flexibility index (Phi) is 6.16. The quantitative estimate of drug-likeness (QED) is 0.842. The Balaban J connectivity index is 1.97. The fraction of sp³-hybridized carbons (Fsp3) is 0.533. The minimum atomic E-state index is 0.0281. The first kappa shape index (κ1) is 17.2. The highest BCUT2D eigenvalue weighted by Gasteiger charge is 2.17. The first-order chi connectivity index (χ1) is 10.5. The third kappa shape index (κ3) is 4.18. The molecular weight excluding hydrogens is 320 g/mol. The topological polar surface area (TPSA) is 45.2 Å². The standard InChI is InChI=1S/C15H22N2O3S2/c1-16-4-6-17(7-5-16)15(21)22-10-11-8-12(19-2)14(18)13(9-11)20-3/h8-9,18H,4-7,10H2,1-3H3. The molecule has 0 spiro atoms. The van der Waals surface area contributed by atoms with Crippen molar-refractivity contribution in [3.8, 4) is 17.2 Å². The lowest BCUT2D eigenvalue weighted by molar-refractivity contribution is 0.220. The van der Waals surface area contributed by atoms with Crippen LogP contribution in [-0.4, -0.2) is 66.7 Å². The average molecular weight is 342 g/mol. The lowest BCUT2D eigenvalue weighted by atomic mass is 10.2. The maximum atomic E-state index is 9.92. The molecule has 0 aromatic heterocycles. The molecule has 7 heteroatoms. The highest BCUT2D eigenvalue weighted by Crippen LogP contribution is 2.38. The van der Waals surface area contributed by atoms with Crippen molar-refractivity contribution in [2.24, 2.45) is 0 Å². The van der Waals surface area contributed by atoms with Crippen molar-refractivity contribution < 1.29 is 14.6 Å². The van der Waals surface area contributed by atoms with Crippen molar-refractivity contribution in [1.29, 1.82) is 0 Å². The molecule has 22 heavy (non-hydrogen) atoms. The molecule has 2 rings (SSSR count). The molecule has 0 unspecified atom stereocenters. The van der Waals surface area contributed by atoms with Crippen molar-refractivity contribution in [2.75, 3.05) is 47.4 Å². The largest absolute Gasteiger partial charge is 0.502 e. The Labute approximate surface area is 141 Å². The second-order valence-corrected chi connectivity index (χ2v) is 6.80. The van der Waals surface area contributed by atoms with E-state index in [1.807, 2.05) is 12.1 Å². The van der Waals surface area contributed by atoms with Crippen LogP contribution in [0.5, 0.6) is 17.2 Å². The van der Waals surface area contributed by atoms with E-state index in [0.29, 0.717) is 11.5 Å². The van der Waals surface area contributed by atoms with Gasteiger partial charge in [-0.2, -0.15) is 0 Å². The maximum Gasteiger partial charge on any atom is 0.200 e. The van der Waals surface area contributed by atoms with E-state index in [1.54, 1.807) is 11.8 Å². The monoisotopic (exact) mass is 342 g/mol. The summed E-state index contributed by atoms with van der Waals surface area (Å²) in [5.74, 6) is 1.58. The van der Waals surface area contributed by atoms with E-state index >= 15 is 0 Å². The predicted molar refractivity (Wildman–Crippen MR) is 94.2 cm³/mol. The second-order valence-electron chi connectivity index (χ2n) is 5.19. The summed E-state index contributed by atoms with van der Waals surface area (Å²) in [5, 5.41) is 9.92. The molecule has 1 saturated heterocycles. The average Bonchev–Trinajstić information content (AvgIpc) is 2.54. The van der Waals surface area contributed by atoms with E-state index in [4.69, 9.17) is 21.7 Å². The molecule has 0 bridgehead atoms. The fourth-order valence-electron chi connectivity index (χ4n) is 2.26. The molecule has 0 aliphatic carbocycles. The zero-order valence-corrected chi connectivity index (χ0v) is 14.8. The van der Waals surface area contributed by atoms with E-state index in [-0.39, 0.29) is 5.75 Å². The molecule has 1 fully saturated rings. The minimum absolute atomic E-state index is 0.0281. The Morgan fingerprint density at radius 1 is 1.18 bits per heavy atom. The van der Waals surface area contributed by atoms with Gasteiger partial charge in [-0.25, -0.2) is 0 Å². The fourth-order valence-corrected chi connectivity index (χ4v) is 3.44. The Bertz CT molecular complexity index is 507. The van der Waals surface area contributed by atoms with Gasteiger partial charge in [-0.05, 0) is 24.7 Å². The molecular formula is C15H22N2O3S2. The summed E-state index contributed by atoms with van der Waals surface area (Å²) in [6, 6.07) is 3.63. The number of likely N-dealkylation sites (N-methyl/N-ethyl adjacent to an activating group) is 1. The van der Waals surface area contributed by atoms with Crippen LogP contribution in [-0.2, 0) is 5.75 Å². The number of thiocarbonyl (C=S) groups is 1. The molecule has 1 heterocycles. The molecule has 1 aromatic rings. The lowest BCUT2D eigenvalue weighted by Gasteiger charge is -2.33. The van der Waals surface area contributed by atoms with Crippen molar-refractivity contribution in [3.05, 3.63) is 17.7 Å². The van der Waals surface area contributed by atoms with Crippen molar-refractivity contribution >= 4 is 28.3 Å². The zero-order valence-electron chi connectivity index (χ0n) is 13.2. The molecule has 0 radical (unpaired) electrons. The Morgan fingerprint density at radius 2 is 1.73 bits per heavy atom. The van der Waals surface area contributed by atoms with Crippen LogP contribution in [0.3, 0.4) is 0 Å². The van der Waals surface area contributed by atoms with E-state index in [9.17, 15) is 5.11 Å². The van der Waals surface area contributed by atoms with Crippen LogP contribution in [0.25, 0.3) is 0 Å². The first-order valence-corrected chi connectivity index (χ1v) is 8.48. The molecule has 0 atom stereocenters. The predicted octanol–water partition coefficient (Wildman–Crippen LogP) is 2.17. The van der Waals surface area contributed by atoms with Gasteiger partial charge in [-0.3, -0.25) is 0 Å². The summed E-state index contributed by atoms with van der Waals surface area (Å²) in [7, 11) is 5.18. The third-order valence-corrected chi connectivity index (χ3v) is 5.26. The number of hydrogen-bond donors (Lipinski definition) is 1. The van der Waals surface area contributed by atoms with Gasteiger partial charge >= 0.3 is 0 Å². The molecule has 1 aromatic carbocycles. The van der Waals surface area contributed by atoms with Crippen LogP contribution < -0.4 is 9.47 Å². The first-order valence-electron chi connectivity index (χ1n) is 7.09. The van der Waals surface area contributed by atoms with Gasteiger partial charge in [-0.15, -0.1) is 0 Å². The normalized spacial score (nSPS) is 15.7. The summed E-state index contributed by atoms with van der Waals surface area (Å²) in [6.07, 6.45) is 0. The smallest absolute Gasteiger partial charge is 0.200 e. The van der Waals surface area contributed by atoms with E-state index in [1.165, 1.54) is 14.2 Å². The van der Waals surface area contributed by atoms with Gasteiger partial charge in [0.25, 0.3) is 0 Å². The molecule has 1 N–H and O–H groups in total. The number of aromatic hydroxyl groups is 1. The van der Waals surface area contributed by atoms with Crippen molar-refractivity contribution in [2.45, 2.75) is 5.75 Å². The van der Waals surface area contributed by atoms with Gasteiger partial charge < -0.3 is 24.4 Å². The number of piperazine rings is 1. The van der Waals surface area contributed by atoms with Gasteiger partial charge in [-0.1, -0.05) is 24.0 Å². The lowest BCUT2D eigenvalue weighted by Crippen LogP contribution is -2.45. The SMILES string of the molecule is COc1cc(CSC(=S)N2CCN(C)CC2)cc(OC)c1O. The number of benzene rings is 1. The van der Waals surface area contributed by atoms with Gasteiger partial charge in [0.1, 0.15) is 4.32 Å². The van der Waals surface area contributed by atoms with Crippen LogP contribution >= 0.6 is 24.0 Å². The van der Waals surface area contributed by atoms with E-state index in [0.717, 1.165) is 41.8 Å². The minimum Gasteiger partial charge on any atom is -0.502 e. The number of nitrogens with zero attached hydrogens (tertiary/aromatic N) is 2. The van der Waals surface area contributed by atoms with Gasteiger partial charge in [0.15, 0.2) is 11.5 Å². The molecule has 0 saturated carbocycles. The molecule has 5 nitrogen and oxygen atoms in total. The molecule has 0 amide bonds. The molecule has 122 valence electrons. The number of rotatable bonds is 4. The number of thioether (sulfide) groups is 1. The number of hydrogen-bond acceptors (Lipinski definition) is 6. The van der Waals surface area contributed by atoms with Crippen LogP contribution in [0.1, 0.15) is 5.56 Å². The summed E-state index contributed by atoms with van der Waals surface area (Å²) < 4.78 is 11.3. The van der Waals surface area contributed by atoms with Crippen LogP contribution in [0.15, 0.2) is 12.1 Å². The zero-order chi connectivity index (χ0) is 16.1. The number of phenolic OH excluding ortho intramolecular Hbond substituents is 1. The number of ether oxygens (including phenoxy) is 2. The van der Waals surface area contributed by atoms with E-state index < -0.39 is 0 Å². The summed E-state index contributed by atoms with van der Waals surface area (Å²) >= 11 is 7.15. The van der Waals surface area contributed by atoms with E-state index in [2.05, 4.69) is 16.8 Å². The van der Waals surface area contributed by atoms with Gasteiger partial charge in [0, 0.05) is 31.9 Å². The van der Waals surface area contributed by atoms with Crippen molar-refractivity contribution in [3.63, 3.8) is 0 Å². The second kappa shape index (κ2) is 7.89. The maximum absolute atomic E-state index is 9.92. The Morgan fingerprint density at radius 3 is 2.23 bits per heavy atom. The summed E-state index contributed by atoms with van der Waals surface area (Å²) in [5.41, 5.74) is 1.01. The van der Waals surface area contributed by atoms with Crippen LogP contribution in [0, 0.1) is 0 Å². The van der Waals surface area contributed by atoms with Gasteiger partial charge in [0.05, 0.1) is 14.2 Å². The van der Waals surface area contributed by atoms with Crippen LogP contribution in [0.2, 0.25) is 0 Å². The number of methoxy groups -OCH3 is 2. The highest BCUT2D eigenvalue weighted by molar-refractivity contribution is 8.22. The highest BCUT2D eigenvalue weighted by atomic mass is 32.2. The summed E-state index contributed by atoms with van der Waals surface area (Å²) in [6.45, 7) is 4.04. The molecule has 1 aliphatic heterocycles. The number of phenols is 1. The summed E-state index contributed by atoms with van der Waals surface area (Å²) in [4.78, 5) is 4.55. The molecule has 1 aliphatic rings.